The summed E-state index contributed by atoms with van der Waals surface area (Å²) in [5, 5.41) is 3.34. The maximum atomic E-state index is 12.8. The molecule has 0 saturated carbocycles. The summed E-state index contributed by atoms with van der Waals surface area (Å²) < 4.78 is 0. The van der Waals surface area contributed by atoms with Crippen molar-refractivity contribution in [3.63, 3.8) is 0 Å². The molecule has 0 saturated heterocycles. The summed E-state index contributed by atoms with van der Waals surface area (Å²) in [6.07, 6.45) is 0. The molecule has 30 heavy (non-hydrogen) atoms. The van der Waals surface area contributed by atoms with Crippen molar-refractivity contribution in [3.05, 3.63) is 107 Å². The minimum atomic E-state index is -0.188. The second-order valence-corrected chi connectivity index (χ2v) is 8.80. The van der Waals surface area contributed by atoms with E-state index in [2.05, 4.69) is 50.4 Å². The highest BCUT2D eigenvalue weighted by molar-refractivity contribution is 7.80. The van der Waals surface area contributed by atoms with Crippen molar-refractivity contribution in [1.29, 1.82) is 0 Å². The molecule has 0 bridgehead atoms. The van der Waals surface area contributed by atoms with E-state index < -0.39 is 0 Å². The number of carbonyl (C=O) groups is 1. The maximum absolute atomic E-state index is 12.8. The molecular formula is C26H28N2OS. The fourth-order valence-electron chi connectivity index (χ4n) is 3.18. The molecule has 0 spiro atoms. The van der Waals surface area contributed by atoms with E-state index >= 15 is 0 Å². The van der Waals surface area contributed by atoms with Crippen LogP contribution < -0.4 is 5.32 Å². The van der Waals surface area contributed by atoms with E-state index in [9.17, 15) is 4.79 Å². The van der Waals surface area contributed by atoms with Gasteiger partial charge >= 0.3 is 0 Å². The molecule has 4 heteroatoms. The Morgan fingerprint density at radius 2 is 1.27 bits per heavy atom. The van der Waals surface area contributed by atoms with Gasteiger partial charge in [-0.25, -0.2) is 0 Å². The molecular weight excluding hydrogens is 388 g/mol. The van der Waals surface area contributed by atoms with Crippen molar-refractivity contribution in [2.24, 2.45) is 0 Å². The van der Waals surface area contributed by atoms with Crippen molar-refractivity contribution in [1.82, 2.24) is 10.2 Å². The van der Waals surface area contributed by atoms with E-state index in [1.54, 1.807) is 0 Å². The number of nitrogens with one attached hydrogen (secondary N) is 1. The van der Waals surface area contributed by atoms with E-state index in [-0.39, 0.29) is 11.3 Å². The standard InChI is InChI=1S/C26H28N2OS/c1-26(2,3)23-16-14-22(15-17-23)24(29)27-25(30)28(18-20-10-6-4-7-11-20)19-21-12-8-5-9-13-21/h4-17H,18-19H2,1-3H3,(H,27,29,30). The van der Waals surface area contributed by atoms with Gasteiger partial charge in [-0.3, -0.25) is 10.1 Å². The van der Waals surface area contributed by atoms with Gasteiger partial charge in [-0.2, -0.15) is 0 Å². The molecule has 1 amide bonds. The number of hydrogen-bond acceptors (Lipinski definition) is 2. The van der Waals surface area contributed by atoms with Gasteiger partial charge in [-0.05, 0) is 46.5 Å². The average Bonchev–Trinajstić information content (AvgIpc) is 2.74. The average molecular weight is 417 g/mol. The Morgan fingerprint density at radius 3 is 1.70 bits per heavy atom. The SMILES string of the molecule is CC(C)(C)c1ccc(C(=O)NC(=S)N(Cc2ccccc2)Cc2ccccc2)cc1. The van der Waals surface area contributed by atoms with Crippen LogP contribution in [-0.2, 0) is 18.5 Å². The first-order chi connectivity index (χ1) is 14.3. The number of hydrogen-bond donors (Lipinski definition) is 1. The molecule has 3 rings (SSSR count). The molecule has 3 aromatic rings. The number of nitrogens with zero attached hydrogens (tertiary/aromatic N) is 1. The van der Waals surface area contributed by atoms with E-state index in [1.165, 1.54) is 5.56 Å². The monoisotopic (exact) mass is 416 g/mol. The fraction of sp³-hybridized carbons (Fsp3) is 0.231. The Labute approximate surface area is 184 Å². The molecule has 0 atom stereocenters. The van der Waals surface area contributed by atoms with Crippen molar-refractivity contribution in [2.45, 2.75) is 39.3 Å². The van der Waals surface area contributed by atoms with Crippen LogP contribution in [0.15, 0.2) is 84.9 Å². The van der Waals surface area contributed by atoms with Crippen molar-refractivity contribution in [3.8, 4) is 0 Å². The van der Waals surface area contributed by atoms with E-state index in [1.807, 2.05) is 65.6 Å². The van der Waals surface area contributed by atoms with E-state index in [4.69, 9.17) is 12.2 Å². The Hall–Kier alpha value is -2.98. The van der Waals surface area contributed by atoms with Gasteiger partial charge in [-0.1, -0.05) is 93.6 Å². The first-order valence-electron chi connectivity index (χ1n) is 10.1. The summed E-state index contributed by atoms with van der Waals surface area (Å²) in [6.45, 7) is 7.71. The zero-order chi connectivity index (χ0) is 21.6. The van der Waals surface area contributed by atoms with Crippen molar-refractivity contribution < 1.29 is 4.79 Å². The van der Waals surface area contributed by atoms with Gasteiger partial charge < -0.3 is 4.90 Å². The molecule has 0 aromatic heterocycles. The quantitative estimate of drug-likeness (QED) is 0.542. The zero-order valence-corrected chi connectivity index (χ0v) is 18.6. The molecule has 0 aliphatic carbocycles. The summed E-state index contributed by atoms with van der Waals surface area (Å²) in [7, 11) is 0. The first kappa shape index (κ1) is 21.7. The largest absolute Gasteiger partial charge is 0.340 e. The summed E-state index contributed by atoms with van der Waals surface area (Å²) in [5.74, 6) is -0.188. The summed E-state index contributed by atoms with van der Waals surface area (Å²) in [4.78, 5) is 14.8. The minimum Gasteiger partial charge on any atom is -0.340 e. The van der Waals surface area contributed by atoms with Crippen molar-refractivity contribution >= 4 is 23.2 Å². The minimum absolute atomic E-state index is 0.0481. The van der Waals surface area contributed by atoms with Crippen LogP contribution in [0.4, 0.5) is 0 Å². The maximum Gasteiger partial charge on any atom is 0.257 e. The highest BCUT2D eigenvalue weighted by atomic mass is 32.1. The molecule has 0 unspecified atom stereocenters. The first-order valence-corrected chi connectivity index (χ1v) is 10.5. The Morgan fingerprint density at radius 1 is 0.800 bits per heavy atom. The summed E-state index contributed by atoms with van der Waals surface area (Å²) >= 11 is 5.63. The lowest BCUT2D eigenvalue weighted by Gasteiger charge is -2.26. The van der Waals surface area contributed by atoms with Gasteiger partial charge in [-0.15, -0.1) is 0 Å². The van der Waals surface area contributed by atoms with Crippen molar-refractivity contribution in [2.75, 3.05) is 0 Å². The normalized spacial score (nSPS) is 11.0. The summed E-state index contributed by atoms with van der Waals surface area (Å²) in [6, 6.07) is 28.0. The van der Waals surface area contributed by atoms with Crippen LogP contribution in [0.3, 0.4) is 0 Å². The van der Waals surface area contributed by atoms with Crippen LogP contribution in [0, 0.1) is 0 Å². The molecule has 0 aliphatic rings. The predicted molar refractivity (Wildman–Crippen MR) is 127 cm³/mol. The number of carbonyl (C=O) groups excluding carboxylic acids is 1. The van der Waals surface area contributed by atoms with Gasteiger partial charge in [0.15, 0.2) is 5.11 Å². The van der Waals surface area contributed by atoms with Crippen LogP contribution in [-0.4, -0.2) is 15.9 Å². The lowest BCUT2D eigenvalue weighted by molar-refractivity contribution is 0.0972. The third-order valence-corrected chi connectivity index (χ3v) is 5.31. The van der Waals surface area contributed by atoms with Gasteiger partial charge in [0.25, 0.3) is 5.91 Å². The molecule has 3 aromatic carbocycles. The second kappa shape index (κ2) is 9.68. The number of amides is 1. The van der Waals surface area contributed by atoms with Crippen LogP contribution in [0.2, 0.25) is 0 Å². The predicted octanol–water partition coefficient (Wildman–Crippen LogP) is 5.70. The molecule has 0 radical (unpaired) electrons. The Kier molecular flexibility index (Phi) is 7.01. The molecule has 0 fully saturated rings. The lowest BCUT2D eigenvalue weighted by atomic mass is 9.87. The molecule has 0 heterocycles. The van der Waals surface area contributed by atoms with Gasteiger partial charge in [0.2, 0.25) is 0 Å². The van der Waals surface area contributed by atoms with E-state index in [0.29, 0.717) is 23.8 Å². The van der Waals surface area contributed by atoms with Crippen LogP contribution in [0.1, 0.15) is 47.8 Å². The van der Waals surface area contributed by atoms with E-state index in [0.717, 1.165) is 11.1 Å². The third kappa shape index (κ3) is 6.01. The molecule has 154 valence electrons. The molecule has 0 aliphatic heterocycles. The number of thiocarbonyl (C=S) groups is 1. The number of benzene rings is 3. The van der Waals surface area contributed by atoms with Gasteiger partial charge in [0.1, 0.15) is 0 Å². The Balaban J connectivity index is 1.74. The van der Waals surface area contributed by atoms with Gasteiger partial charge in [0.05, 0.1) is 0 Å². The molecule has 3 nitrogen and oxygen atoms in total. The molecule has 1 N–H and O–H groups in total. The summed E-state index contributed by atoms with van der Waals surface area (Å²) in [5.41, 5.74) is 4.12. The highest BCUT2D eigenvalue weighted by Gasteiger charge is 2.17. The van der Waals surface area contributed by atoms with Crippen LogP contribution in [0.25, 0.3) is 0 Å². The topological polar surface area (TPSA) is 32.3 Å². The van der Waals surface area contributed by atoms with Gasteiger partial charge in [0, 0.05) is 18.7 Å². The third-order valence-electron chi connectivity index (χ3n) is 4.95. The van der Waals surface area contributed by atoms with Crippen LogP contribution >= 0.6 is 12.2 Å². The number of rotatable bonds is 5. The Bertz CT molecular complexity index is 936. The smallest absolute Gasteiger partial charge is 0.257 e. The highest BCUT2D eigenvalue weighted by Crippen LogP contribution is 2.22. The fourth-order valence-corrected chi connectivity index (χ4v) is 3.40. The lowest BCUT2D eigenvalue weighted by Crippen LogP contribution is -2.42. The zero-order valence-electron chi connectivity index (χ0n) is 17.8. The second-order valence-electron chi connectivity index (χ2n) is 8.41. The van der Waals surface area contributed by atoms with Crippen LogP contribution in [0.5, 0.6) is 0 Å².